The van der Waals surface area contributed by atoms with Gasteiger partial charge in [0.15, 0.2) is 0 Å². The molecule has 0 aliphatic heterocycles. The van der Waals surface area contributed by atoms with Crippen molar-refractivity contribution in [2.45, 2.75) is 38.6 Å². The number of hydrogen-bond acceptors (Lipinski definition) is 4. The maximum Gasteiger partial charge on any atom is 0.322 e. The summed E-state index contributed by atoms with van der Waals surface area (Å²) in [5.41, 5.74) is 0. The summed E-state index contributed by atoms with van der Waals surface area (Å²) in [6.07, 6.45) is 0.821. The minimum atomic E-state index is -0.917. The summed E-state index contributed by atoms with van der Waals surface area (Å²) in [5, 5.41) is 12.8. The van der Waals surface area contributed by atoms with Crippen LogP contribution in [0.5, 0.6) is 0 Å². The SMILES string of the molecule is CC(NC(=O)NC(=O)CCCCC(=O)O)C(=O)N(C)C. The first-order valence-corrected chi connectivity index (χ1v) is 6.27. The van der Waals surface area contributed by atoms with Crippen molar-refractivity contribution in [2.24, 2.45) is 0 Å². The van der Waals surface area contributed by atoms with E-state index in [4.69, 9.17) is 5.11 Å². The van der Waals surface area contributed by atoms with E-state index in [0.717, 1.165) is 0 Å². The van der Waals surface area contributed by atoms with Crippen LogP contribution in [0, 0.1) is 0 Å². The molecule has 4 amide bonds. The lowest BCUT2D eigenvalue weighted by Gasteiger charge is -2.17. The lowest BCUT2D eigenvalue weighted by Crippen LogP contribution is -2.49. The molecule has 3 N–H and O–H groups in total. The Morgan fingerprint density at radius 1 is 1.10 bits per heavy atom. The molecule has 0 heterocycles. The summed E-state index contributed by atoms with van der Waals surface area (Å²) in [6.45, 7) is 1.51. The van der Waals surface area contributed by atoms with Crippen LogP contribution in [0.2, 0.25) is 0 Å². The number of rotatable bonds is 7. The number of nitrogens with zero attached hydrogens (tertiary/aromatic N) is 1. The maximum atomic E-state index is 11.5. The molecule has 114 valence electrons. The van der Waals surface area contributed by atoms with Gasteiger partial charge in [0.1, 0.15) is 6.04 Å². The highest BCUT2D eigenvalue weighted by atomic mass is 16.4. The van der Waals surface area contributed by atoms with Crippen LogP contribution >= 0.6 is 0 Å². The molecule has 0 aliphatic rings. The first-order chi connectivity index (χ1) is 9.23. The van der Waals surface area contributed by atoms with Gasteiger partial charge in [-0.1, -0.05) is 0 Å². The van der Waals surface area contributed by atoms with Gasteiger partial charge in [0.2, 0.25) is 11.8 Å². The van der Waals surface area contributed by atoms with Crippen molar-refractivity contribution in [3.8, 4) is 0 Å². The van der Waals surface area contributed by atoms with Crippen LogP contribution in [0.25, 0.3) is 0 Å². The number of carbonyl (C=O) groups is 4. The number of hydrogen-bond donors (Lipinski definition) is 3. The Hall–Kier alpha value is -2.12. The third-order valence-electron chi connectivity index (χ3n) is 2.46. The lowest BCUT2D eigenvalue weighted by atomic mass is 10.2. The van der Waals surface area contributed by atoms with E-state index in [-0.39, 0.29) is 18.7 Å². The zero-order valence-electron chi connectivity index (χ0n) is 11.9. The topological polar surface area (TPSA) is 116 Å². The number of nitrogens with one attached hydrogen (secondary N) is 2. The Morgan fingerprint density at radius 3 is 2.15 bits per heavy atom. The quantitative estimate of drug-likeness (QED) is 0.567. The molecule has 0 aliphatic carbocycles. The molecular formula is C12H21N3O5. The molecule has 1 unspecified atom stereocenters. The van der Waals surface area contributed by atoms with E-state index < -0.39 is 23.9 Å². The van der Waals surface area contributed by atoms with E-state index in [1.54, 1.807) is 14.1 Å². The number of unbranched alkanes of at least 4 members (excludes halogenated alkanes) is 1. The summed E-state index contributed by atoms with van der Waals surface area (Å²) in [7, 11) is 3.12. The number of carboxylic acid groups (broad SMARTS) is 1. The highest BCUT2D eigenvalue weighted by molar-refractivity contribution is 5.96. The number of likely N-dealkylation sites (N-methyl/N-ethyl adjacent to an activating group) is 1. The van der Waals surface area contributed by atoms with Gasteiger partial charge >= 0.3 is 12.0 Å². The summed E-state index contributed by atoms with van der Waals surface area (Å²) < 4.78 is 0. The van der Waals surface area contributed by atoms with Gasteiger partial charge in [-0.05, 0) is 19.8 Å². The molecule has 0 aromatic carbocycles. The molecule has 1 atom stereocenters. The minimum absolute atomic E-state index is 0.00610. The first-order valence-electron chi connectivity index (χ1n) is 6.27. The van der Waals surface area contributed by atoms with Crippen molar-refractivity contribution in [1.82, 2.24) is 15.5 Å². The fraction of sp³-hybridized carbons (Fsp3) is 0.667. The minimum Gasteiger partial charge on any atom is -0.481 e. The van der Waals surface area contributed by atoms with Gasteiger partial charge in [0.05, 0.1) is 0 Å². The van der Waals surface area contributed by atoms with Gasteiger partial charge in [0, 0.05) is 26.9 Å². The second kappa shape index (κ2) is 8.89. The number of imide groups is 1. The summed E-state index contributed by atoms with van der Waals surface area (Å²) in [6, 6.07) is -1.47. The second-order valence-electron chi connectivity index (χ2n) is 4.58. The molecule has 0 saturated heterocycles. The number of aliphatic carboxylic acids is 1. The van der Waals surface area contributed by atoms with Gasteiger partial charge < -0.3 is 15.3 Å². The Kier molecular flexibility index (Phi) is 7.95. The van der Waals surface area contributed by atoms with Gasteiger partial charge in [-0.25, -0.2) is 4.79 Å². The summed E-state index contributed by atoms with van der Waals surface area (Å²) in [4.78, 5) is 45.9. The molecule has 8 heteroatoms. The molecule has 0 rings (SSSR count). The average Bonchev–Trinajstić information content (AvgIpc) is 2.32. The Morgan fingerprint density at radius 2 is 1.65 bits per heavy atom. The molecule has 0 bridgehead atoms. The van der Waals surface area contributed by atoms with Gasteiger partial charge in [-0.15, -0.1) is 0 Å². The van der Waals surface area contributed by atoms with E-state index in [1.165, 1.54) is 11.8 Å². The monoisotopic (exact) mass is 287 g/mol. The van der Waals surface area contributed by atoms with Crippen LogP contribution in [0.1, 0.15) is 32.6 Å². The van der Waals surface area contributed by atoms with Crippen LogP contribution in [0.4, 0.5) is 4.79 Å². The molecule has 0 aromatic heterocycles. The van der Waals surface area contributed by atoms with Crippen molar-refractivity contribution >= 4 is 23.8 Å². The number of urea groups is 1. The Balaban J connectivity index is 3.93. The van der Waals surface area contributed by atoms with Gasteiger partial charge in [0.25, 0.3) is 0 Å². The molecule has 0 fully saturated rings. The molecule has 8 nitrogen and oxygen atoms in total. The fourth-order valence-electron chi connectivity index (χ4n) is 1.43. The Bertz CT molecular complexity index is 381. The smallest absolute Gasteiger partial charge is 0.322 e. The van der Waals surface area contributed by atoms with Gasteiger partial charge in [-0.3, -0.25) is 19.7 Å². The van der Waals surface area contributed by atoms with Crippen LogP contribution in [-0.2, 0) is 14.4 Å². The van der Waals surface area contributed by atoms with Crippen molar-refractivity contribution in [1.29, 1.82) is 0 Å². The number of carboxylic acids is 1. The largest absolute Gasteiger partial charge is 0.481 e. The second-order valence-corrected chi connectivity index (χ2v) is 4.58. The van der Waals surface area contributed by atoms with Crippen LogP contribution in [0.15, 0.2) is 0 Å². The van der Waals surface area contributed by atoms with E-state index in [9.17, 15) is 19.2 Å². The third-order valence-corrected chi connectivity index (χ3v) is 2.46. The molecular weight excluding hydrogens is 266 g/mol. The number of carbonyl (C=O) groups excluding carboxylic acids is 3. The molecule has 0 spiro atoms. The van der Waals surface area contributed by atoms with Crippen LogP contribution < -0.4 is 10.6 Å². The summed E-state index contributed by atoms with van der Waals surface area (Å²) in [5.74, 6) is -1.70. The molecule has 0 radical (unpaired) electrons. The van der Waals surface area contributed by atoms with Crippen LogP contribution in [0.3, 0.4) is 0 Å². The molecule has 0 saturated carbocycles. The number of amides is 4. The molecule has 0 aromatic rings. The van der Waals surface area contributed by atoms with E-state index in [1.807, 2.05) is 0 Å². The molecule has 20 heavy (non-hydrogen) atoms. The van der Waals surface area contributed by atoms with Gasteiger partial charge in [-0.2, -0.15) is 0 Å². The highest BCUT2D eigenvalue weighted by Gasteiger charge is 2.18. The predicted molar refractivity (Wildman–Crippen MR) is 70.9 cm³/mol. The summed E-state index contributed by atoms with van der Waals surface area (Å²) >= 11 is 0. The van der Waals surface area contributed by atoms with Crippen molar-refractivity contribution in [3.05, 3.63) is 0 Å². The average molecular weight is 287 g/mol. The fourth-order valence-corrected chi connectivity index (χ4v) is 1.43. The zero-order valence-corrected chi connectivity index (χ0v) is 11.9. The lowest BCUT2D eigenvalue weighted by molar-refractivity contribution is -0.137. The normalized spacial score (nSPS) is 11.3. The van der Waals surface area contributed by atoms with E-state index in [2.05, 4.69) is 10.6 Å². The zero-order chi connectivity index (χ0) is 15.7. The highest BCUT2D eigenvalue weighted by Crippen LogP contribution is 1.99. The van der Waals surface area contributed by atoms with E-state index >= 15 is 0 Å². The maximum absolute atomic E-state index is 11.5. The van der Waals surface area contributed by atoms with Crippen molar-refractivity contribution < 1.29 is 24.3 Å². The third kappa shape index (κ3) is 8.06. The first kappa shape index (κ1) is 17.9. The van der Waals surface area contributed by atoms with Crippen molar-refractivity contribution in [3.63, 3.8) is 0 Å². The van der Waals surface area contributed by atoms with Crippen molar-refractivity contribution in [2.75, 3.05) is 14.1 Å². The standard InChI is InChI=1S/C12H21N3O5/c1-8(11(19)15(2)3)13-12(20)14-9(16)6-4-5-7-10(17)18/h8H,4-7H2,1-3H3,(H,17,18)(H2,13,14,16,20). The predicted octanol–water partition coefficient (Wildman–Crippen LogP) is -0.0661. The van der Waals surface area contributed by atoms with Crippen LogP contribution in [-0.4, -0.2) is 54.0 Å². The Labute approximate surface area is 117 Å². The van der Waals surface area contributed by atoms with E-state index in [0.29, 0.717) is 12.8 Å².